The van der Waals surface area contributed by atoms with Gasteiger partial charge in [-0.25, -0.2) is 9.97 Å². The molecule has 8 nitrogen and oxygen atoms in total. The Labute approximate surface area is 222 Å². The lowest BCUT2D eigenvalue weighted by Crippen LogP contribution is -2.26. The van der Waals surface area contributed by atoms with Crippen LogP contribution >= 0.6 is 11.6 Å². The van der Waals surface area contributed by atoms with Crippen LogP contribution in [0.15, 0.2) is 47.7 Å². The monoisotopic (exact) mass is 519 g/mol. The van der Waals surface area contributed by atoms with Crippen molar-refractivity contribution in [1.82, 2.24) is 29.8 Å². The fourth-order valence-corrected chi connectivity index (χ4v) is 4.85. The van der Waals surface area contributed by atoms with Gasteiger partial charge in [-0.05, 0) is 45.9 Å². The third kappa shape index (κ3) is 6.32. The smallest absolute Gasteiger partial charge is 0.259 e. The molecule has 1 fully saturated rings. The normalized spacial score (nSPS) is 13.8. The molecule has 37 heavy (non-hydrogen) atoms. The Kier molecular flexibility index (Phi) is 8.84. The Morgan fingerprint density at radius 3 is 2.49 bits per heavy atom. The van der Waals surface area contributed by atoms with Gasteiger partial charge in [0.1, 0.15) is 5.65 Å². The molecule has 0 unspecified atom stereocenters. The van der Waals surface area contributed by atoms with Gasteiger partial charge in [0, 0.05) is 59.1 Å². The van der Waals surface area contributed by atoms with E-state index in [1.165, 1.54) is 36.7 Å². The van der Waals surface area contributed by atoms with Crippen LogP contribution in [-0.4, -0.2) is 44.1 Å². The van der Waals surface area contributed by atoms with Gasteiger partial charge < -0.3 is 10.6 Å². The van der Waals surface area contributed by atoms with E-state index in [0.717, 1.165) is 28.4 Å². The lowest BCUT2D eigenvalue weighted by molar-refractivity contribution is 0.394. The van der Waals surface area contributed by atoms with Crippen molar-refractivity contribution in [3.8, 4) is 22.4 Å². The molecule has 194 valence electrons. The number of hydrogen-bond donors (Lipinski definition) is 2. The van der Waals surface area contributed by atoms with E-state index >= 15 is 0 Å². The average Bonchev–Trinajstić information content (AvgIpc) is 2.92. The molecule has 1 saturated carbocycles. The fourth-order valence-electron chi connectivity index (χ4n) is 4.57. The SMILES string of the molecule is CCNc1ncc2cc(-c3ccc(-c4cncc(C)n4)cc3Cl)c(=O)n(C)c2n1.CNC1CCCCC1. The summed E-state index contributed by atoms with van der Waals surface area (Å²) in [5.41, 5.74) is 3.92. The first-order chi connectivity index (χ1) is 17.9. The Hall–Kier alpha value is -3.36. The predicted molar refractivity (Wildman–Crippen MR) is 151 cm³/mol. The van der Waals surface area contributed by atoms with E-state index in [1.54, 1.807) is 37.8 Å². The summed E-state index contributed by atoms with van der Waals surface area (Å²) in [6.45, 7) is 4.54. The minimum absolute atomic E-state index is 0.177. The zero-order valence-electron chi connectivity index (χ0n) is 21.9. The molecule has 0 radical (unpaired) electrons. The minimum Gasteiger partial charge on any atom is -0.354 e. The highest BCUT2D eigenvalue weighted by atomic mass is 35.5. The molecule has 1 aliphatic rings. The number of fused-ring (bicyclic) bond motifs is 1. The van der Waals surface area contributed by atoms with E-state index in [2.05, 4.69) is 37.6 Å². The summed E-state index contributed by atoms with van der Waals surface area (Å²) in [7, 11) is 3.76. The summed E-state index contributed by atoms with van der Waals surface area (Å²) in [6.07, 6.45) is 12.2. The highest BCUT2D eigenvalue weighted by molar-refractivity contribution is 6.33. The molecule has 3 heterocycles. The highest BCUT2D eigenvalue weighted by Crippen LogP contribution is 2.31. The summed E-state index contributed by atoms with van der Waals surface area (Å²) >= 11 is 6.56. The molecular weight excluding hydrogens is 486 g/mol. The molecule has 9 heteroatoms. The Bertz CT molecular complexity index is 1430. The quantitative estimate of drug-likeness (QED) is 0.365. The van der Waals surface area contributed by atoms with E-state index in [-0.39, 0.29) is 5.56 Å². The summed E-state index contributed by atoms with van der Waals surface area (Å²) in [4.78, 5) is 30.4. The molecule has 4 aromatic rings. The van der Waals surface area contributed by atoms with Crippen molar-refractivity contribution in [3.63, 3.8) is 0 Å². The second kappa shape index (κ2) is 12.3. The van der Waals surface area contributed by atoms with Gasteiger partial charge in [0.05, 0.1) is 17.6 Å². The number of nitrogens with zero attached hydrogens (tertiary/aromatic N) is 5. The van der Waals surface area contributed by atoms with Crippen LogP contribution in [0.1, 0.15) is 44.7 Å². The third-order valence-corrected chi connectivity index (χ3v) is 6.92. The lowest BCUT2D eigenvalue weighted by Gasteiger charge is -2.20. The molecule has 1 aliphatic carbocycles. The van der Waals surface area contributed by atoms with Gasteiger partial charge in [-0.15, -0.1) is 0 Å². The Morgan fingerprint density at radius 1 is 1.05 bits per heavy atom. The summed E-state index contributed by atoms with van der Waals surface area (Å²) in [5.74, 6) is 0.490. The van der Waals surface area contributed by atoms with Crippen LogP contribution in [0.2, 0.25) is 5.02 Å². The third-order valence-electron chi connectivity index (χ3n) is 6.61. The number of nitrogens with one attached hydrogen (secondary N) is 2. The van der Waals surface area contributed by atoms with Gasteiger partial charge in [-0.2, -0.15) is 4.98 Å². The van der Waals surface area contributed by atoms with E-state index in [4.69, 9.17) is 11.6 Å². The second-order valence-corrected chi connectivity index (χ2v) is 9.70. The number of aromatic nitrogens is 5. The number of anilines is 1. The first-order valence-corrected chi connectivity index (χ1v) is 13.2. The molecule has 5 rings (SSSR count). The van der Waals surface area contributed by atoms with Gasteiger partial charge >= 0.3 is 0 Å². The van der Waals surface area contributed by atoms with Crippen LogP contribution in [-0.2, 0) is 7.05 Å². The van der Waals surface area contributed by atoms with Crippen molar-refractivity contribution < 1.29 is 0 Å². The summed E-state index contributed by atoms with van der Waals surface area (Å²) in [5, 5.41) is 7.58. The van der Waals surface area contributed by atoms with Crippen molar-refractivity contribution in [3.05, 3.63) is 63.9 Å². The molecule has 1 aromatic carbocycles. The maximum absolute atomic E-state index is 13.0. The van der Waals surface area contributed by atoms with E-state index in [0.29, 0.717) is 34.3 Å². The van der Waals surface area contributed by atoms with E-state index in [1.807, 2.05) is 26.0 Å². The standard InChI is InChI=1S/C21H19ClN6O.C7H15N/c1-4-24-21-25-10-14-7-16(20(29)28(3)19(14)27-21)15-6-5-13(8-17(15)22)18-11-23-9-12(2)26-18;1-8-7-5-3-2-4-6-7/h5-11H,4H2,1-3H3,(H,24,25,27);7-8H,2-6H2,1H3. The number of pyridine rings is 1. The van der Waals surface area contributed by atoms with Crippen molar-refractivity contribution in [2.24, 2.45) is 7.05 Å². The highest BCUT2D eigenvalue weighted by Gasteiger charge is 2.15. The first kappa shape index (κ1) is 26.7. The van der Waals surface area contributed by atoms with Crippen LogP contribution in [0.25, 0.3) is 33.4 Å². The Morgan fingerprint density at radius 2 is 1.84 bits per heavy atom. The van der Waals surface area contributed by atoms with E-state index < -0.39 is 0 Å². The van der Waals surface area contributed by atoms with E-state index in [9.17, 15) is 4.79 Å². The average molecular weight is 520 g/mol. The predicted octanol–water partition coefficient (Wildman–Crippen LogP) is 5.38. The first-order valence-electron chi connectivity index (χ1n) is 12.8. The number of benzene rings is 1. The van der Waals surface area contributed by atoms with Gasteiger partial charge in [0.15, 0.2) is 0 Å². The number of hydrogen-bond acceptors (Lipinski definition) is 7. The minimum atomic E-state index is -0.177. The molecule has 0 bridgehead atoms. The van der Waals surface area contributed by atoms with Crippen molar-refractivity contribution >= 4 is 28.6 Å². The van der Waals surface area contributed by atoms with Gasteiger partial charge in [-0.1, -0.05) is 43.0 Å². The summed E-state index contributed by atoms with van der Waals surface area (Å²) < 4.78 is 1.52. The van der Waals surface area contributed by atoms with Crippen LogP contribution < -0.4 is 16.2 Å². The molecule has 0 saturated heterocycles. The van der Waals surface area contributed by atoms with Gasteiger partial charge in [-0.3, -0.25) is 14.3 Å². The molecule has 3 aromatic heterocycles. The summed E-state index contributed by atoms with van der Waals surface area (Å²) in [6, 6.07) is 8.14. The fraction of sp³-hybridized carbons (Fsp3) is 0.393. The lowest BCUT2D eigenvalue weighted by atomic mass is 9.96. The Balaban J connectivity index is 0.000000342. The molecule has 0 aliphatic heterocycles. The number of halogens is 1. The van der Waals surface area contributed by atoms with Gasteiger partial charge in [0.2, 0.25) is 5.95 Å². The zero-order valence-corrected chi connectivity index (χ0v) is 22.6. The molecule has 0 spiro atoms. The maximum Gasteiger partial charge on any atom is 0.259 e. The van der Waals surface area contributed by atoms with Crippen molar-refractivity contribution in [2.75, 3.05) is 18.9 Å². The van der Waals surface area contributed by atoms with Gasteiger partial charge in [0.25, 0.3) is 5.56 Å². The molecule has 0 atom stereocenters. The second-order valence-electron chi connectivity index (χ2n) is 9.29. The van der Waals surface area contributed by atoms with Crippen LogP contribution in [0.5, 0.6) is 0 Å². The zero-order chi connectivity index (χ0) is 26.4. The molecule has 2 N–H and O–H groups in total. The number of aryl methyl sites for hydroxylation is 2. The van der Waals surface area contributed by atoms with Crippen LogP contribution in [0.3, 0.4) is 0 Å². The number of rotatable bonds is 5. The van der Waals surface area contributed by atoms with Crippen molar-refractivity contribution in [2.45, 2.75) is 52.0 Å². The van der Waals surface area contributed by atoms with Crippen molar-refractivity contribution in [1.29, 1.82) is 0 Å². The molecular formula is C28H34ClN7O. The topological polar surface area (TPSA) is 97.6 Å². The largest absolute Gasteiger partial charge is 0.354 e. The maximum atomic E-state index is 13.0. The van der Waals surface area contributed by atoms with Crippen LogP contribution in [0, 0.1) is 6.92 Å². The molecule has 0 amide bonds. The van der Waals surface area contributed by atoms with Crippen LogP contribution in [0.4, 0.5) is 5.95 Å².